The second-order valence-electron chi connectivity index (χ2n) is 6.13. The van der Waals surface area contributed by atoms with Gasteiger partial charge in [-0.15, -0.1) is 0 Å². The minimum absolute atomic E-state index is 0.0247. The molecule has 1 aliphatic heterocycles. The molecule has 0 amide bonds. The molecular weight excluding hydrogens is 407 g/mol. The first kappa shape index (κ1) is 20.8. The quantitative estimate of drug-likeness (QED) is 0.450. The highest BCUT2D eigenvalue weighted by molar-refractivity contribution is 7.54. The van der Waals surface area contributed by atoms with E-state index in [1.54, 1.807) is 13.8 Å². The number of nitrogens with zero attached hydrogens (tertiary/aromatic N) is 1. The SMILES string of the molecule is CCOP(=O)(OCC)C1CCc2c(F)c(C(F)(F)F)cc3[nH]c(=O)c(=O)n1c23. The van der Waals surface area contributed by atoms with Crippen LogP contribution in [0.5, 0.6) is 0 Å². The molecule has 0 spiro atoms. The number of H-pyrrole nitrogens is 1. The number of aromatic amines is 1. The highest BCUT2D eigenvalue weighted by Crippen LogP contribution is 2.61. The summed E-state index contributed by atoms with van der Waals surface area (Å²) in [6.07, 6.45) is -5.43. The molecule has 0 saturated heterocycles. The Morgan fingerprint density at radius 2 is 1.86 bits per heavy atom. The Hall–Kier alpha value is -1.97. The number of aromatic nitrogens is 2. The van der Waals surface area contributed by atoms with E-state index in [0.717, 1.165) is 4.57 Å². The van der Waals surface area contributed by atoms with Gasteiger partial charge in [-0.25, -0.2) is 4.39 Å². The summed E-state index contributed by atoms with van der Waals surface area (Å²) in [5.41, 5.74) is -4.94. The van der Waals surface area contributed by atoms with Crippen molar-refractivity contribution in [3.05, 3.63) is 43.7 Å². The number of halogens is 4. The van der Waals surface area contributed by atoms with Crippen molar-refractivity contribution >= 4 is 18.6 Å². The van der Waals surface area contributed by atoms with Crippen LogP contribution in [0.2, 0.25) is 0 Å². The van der Waals surface area contributed by atoms with E-state index in [1.807, 2.05) is 0 Å². The molecule has 2 heterocycles. The van der Waals surface area contributed by atoms with Gasteiger partial charge in [0.15, 0.2) is 0 Å². The molecule has 3 rings (SSSR count). The van der Waals surface area contributed by atoms with Crippen LogP contribution in [0, 0.1) is 5.82 Å². The summed E-state index contributed by atoms with van der Waals surface area (Å²) in [5, 5.41) is 0. The molecule has 0 aliphatic carbocycles. The van der Waals surface area contributed by atoms with Gasteiger partial charge in [-0.1, -0.05) is 0 Å². The third kappa shape index (κ3) is 3.21. The van der Waals surface area contributed by atoms with Gasteiger partial charge < -0.3 is 14.0 Å². The van der Waals surface area contributed by atoms with Crippen LogP contribution in [0.3, 0.4) is 0 Å². The molecule has 1 aliphatic rings. The molecule has 154 valence electrons. The number of rotatable bonds is 5. The average molecular weight is 424 g/mol. The summed E-state index contributed by atoms with van der Waals surface area (Å²) in [7, 11) is -3.95. The Bertz CT molecular complexity index is 1080. The monoisotopic (exact) mass is 424 g/mol. The summed E-state index contributed by atoms with van der Waals surface area (Å²) >= 11 is 0. The normalized spacial score (nSPS) is 17.3. The zero-order chi connectivity index (χ0) is 20.9. The molecule has 1 aromatic heterocycles. The maximum Gasteiger partial charge on any atom is 0.419 e. The van der Waals surface area contributed by atoms with E-state index in [4.69, 9.17) is 9.05 Å². The molecule has 0 saturated carbocycles. The molecule has 0 fully saturated rings. The standard InChI is InChI=1S/C16H17F4N2O5P/c1-3-26-28(25,27-4-2)11-6-5-8-12(17)9(16(18,19)20)7-10-13(8)22(11)15(24)14(23)21-10/h7,11H,3-6H2,1-2H3,(H,21,23). The second-order valence-corrected chi connectivity index (χ2v) is 8.33. The van der Waals surface area contributed by atoms with Gasteiger partial charge in [-0.3, -0.25) is 18.7 Å². The molecule has 1 unspecified atom stereocenters. The summed E-state index contributed by atoms with van der Waals surface area (Å²) in [6.45, 7) is 3.05. The fraction of sp³-hybridized carbons (Fsp3) is 0.500. The first-order chi connectivity index (χ1) is 13.0. The third-order valence-corrected chi connectivity index (χ3v) is 6.93. The minimum atomic E-state index is -4.99. The van der Waals surface area contributed by atoms with Crippen LogP contribution in [0.25, 0.3) is 11.0 Å². The summed E-state index contributed by atoms with van der Waals surface area (Å²) in [6, 6.07) is 0.431. The number of hydrogen-bond acceptors (Lipinski definition) is 5. The van der Waals surface area contributed by atoms with Crippen LogP contribution in [0.15, 0.2) is 15.7 Å². The molecule has 1 atom stereocenters. The largest absolute Gasteiger partial charge is 0.419 e. The molecule has 7 nitrogen and oxygen atoms in total. The van der Waals surface area contributed by atoms with E-state index in [1.165, 1.54) is 0 Å². The molecule has 0 radical (unpaired) electrons. The number of nitrogens with one attached hydrogen (secondary N) is 1. The van der Waals surface area contributed by atoms with Crippen molar-refractivity contribution in [2.24, 2.45) is 0 Å². The van der Waals surface area contributed by atoms with Gasteiger partial charge >= 0.3 is 24.9 Å². The van der Waals surface area contributed by atoms with Crippen LogP contribution in [0.4, 0.5) is 17.6 Å². The number of hydrogen-bond donors (Lipinski definition) is 1. The van der Waals surface area contributed by atoms with Gasteiger partial charge in [0.1, 0.15) is 11.6 Å². The second kappa shape index (κ2) is 7.13. The van der Waals surface area contributed by atoms with Crippen molar-refractivity contribution in [2.45, 2.75) is 38.6 Å². The van der Waals surface area contributed by atoms with E-state index in [-0.39, 0.29) is 42.7 Å². The lowest BCUT2D eigenvalue weighted by molar-refractivity contribution is -0.140. The van der Waals surface area contributed by atoms with Crippen molar-refractivity contribution in [3.8, 4) is 0 Å². The van der Waals surface area contributed by atoms with Crippen LogP contribution >= 0.6 is 7.60 Å². The maximum absolute atomic E-state index is 14.6. The van der Waals surface area contributed by atoms with Crippen LogP contribution in [0.1, 0.15) is 37.2 Å². The van der Waals surface area contributed by atoms with Crippen molar-refractivity contribution in [1.82, 2.24) is 9.55 Å². The smallest absolute Gasteiger partial charge is 0.316 e. The zero-order valence-corrected chi connectivity index (χ0v) is 15.8. The van der Waals surface area contributed by atoms with E-state index in [0.29, 0.717) is 6.07 Å². The van der Waals surface area contributed by atoms with Gasteiger partial charge in [-0.05, 0) is 32.8 Å². The predicted octanol–water partition coefficient (Wildman–Crippen LogP) is 3.56. The highest BCUT2D eigenvalue weighted by Gasteiger charge is 2.43. The first-order valence-electron chi connectivity index (χ1n) is 8.51. The molecule has 1 N–H and O–H groups in total. The van der Waals surface area contributed by atoms with Crippen LogP contribution in [-0.4, -0.2) is 22.8 Å². The van der Waals surface area contributed by atoms with Gasteiger partial charge in [0.05, 0.1) is 29.8 Å². The number of alkyl halides is 3. The topological polar surface area (TPSA) is 90.4 Å². The van der Waals surface area contributed by atoms with Gasteiger partial charge in [0, 0.05) is 5.56 Å². The van der Waals surface area contributed by atoms with Gasteiger partial charge in [0.2, 0.25) is 0 Å². The van der Waals surface area contributed by atoms with Gasteiger partial charge in [-0.2, -0.15) is 13.2 Å². The molecule has 1 aromatic carbocycles. The summed E-state index contributed by atoms with van der Waals surface area (Å²) in [5.74, 6) is -2.78. The lowest BCUT2D eigenvalue weighted by atomic mass is 9.99. The number of benzene rings is 1. The zero-order valence-electron chi connectivity index (χ0n) is 14.9. The Morgan fingerprint density at radius 1 is 1.25 bits per heavy atom. The Balaban J connectivity index is 2.41. The van der Waals surface area contributed by atoms with Crippen molar-refractivity contribution in [3.63, 3.8) is 0 Å². The van der Waals surface area contributed by atoms with E-state index >= 15 is 0 Å². The lowest BCUT2D eigenvalue weighted by Gasteiger charge is -2.32. The Morgan fingerprint density at radius 3 is 2.39 bits per heavy atom. The van der Waals surface area contributed by atoms with E-state index in [9.17, 15) is 31.7 Å². The van der Waals surface area contributed by atoms with E-state index < -0.39 is 42.1 Å². The molecule has 2 aromatic rings. The molecule has 12 heteroatoms. The molecule has 0 bridgehead atoms. The molecular formula is C16H17F4N2O5P. The van der Waals surface area contributed by atoms with E-state index in [2.05, 4.69) is 4.98 Å². The Kier molecular flexibility index (Phi) is 5.28. The van der Waals surface area contributed by atoms with Crippen LogP contribution in [-0.2, 0) is 26.2 Å². The van der Waals surface area contributed by atoms with Gasteiger partial charge in [0.25, 0.3) is 0 Å². The van der Waals surface area contributed by atoms with Crippen LogP contribution < -0.4 is 11.1 Å². The van der Waals surface area contributed by atoms with Crippen molar-refractivity contribution < 1.29 is 31.2 Å². The summed E-state index contributed by atoms with van der Waals surface area (Å²) < 4.78 is 78.6. The molecule has 28 heavy (non-hydrogen) atoms. The average Bonchev–Trinajstić information content (AvgIpc) is 2.60. The summed E-state index contributed by atoms with van der Waals surface area (Å²) in [4.78, 5) is 26.6. The third-order valence-electron chi connectivity index (χ3n) is 4.47. The number of aryl methyl sites for hydroxylation is 1. The fourth-order valence-electron chi connectivity index (χ4n) is 3.45. The predicted molar refractivity (Wildman–Crippen MR) is 92.0 cm³/mol. The fourth-order valence-corrected chi connectivity index (χ4v) is 5.54. The minimum Gasteiger partial charge on any atom is -0.316 e. The van der Waals surface area contributed by atoms with Crippen molar-refractivity contribution in [1.29, 1.82) is 0 Å². The highest BCUT2D eigenvalue weighted by atomic mass is 31.2. The lowest BCUT2D eigenvalue weighted by Crippen LogP contribution is -2.41. The Labute approximate surface area is 155 Å². The first-order valence-corrected chi connectivity index (χ1v) is 10.1. The van der Waals surface area contributed by atoms with Crippen molar-refractivity contribution in [2.75, 3.05) is 13.2 Å². The maximum atomic E-state index is 14.6.